The summed E-state index contributed by atoms with van der Waals surface area (Å²) in [4.78, 5) is 11.7. The molecule has 96 valence electrons. The van der Waals surface area contributed by atoms with Crippen molar-refractivity contribution >= 4 is 52.0 Å². The molecule has 0 aliphatic carbocycles. The van der Waals surface area contributed by atoms with Gasteiger partial charge in [-0.2, -0.15) is 15.0 Å². The zero-order valence-corrected chi connectivity index (χ0v) is 12.4. The van der Waals surface area contributed by atoms with E-state index in [9.17, 15) is 4.57 Å². The maximum atomic E-state index is 11.6. The Bertz CT molecular complexity index is 440. The molecule has 1 aromatic heterocycles. The van der Waals surface area contributed by atoms with Crippen LogP contribution in [-0.2, 0) is 4.57 Å². The summed E-state index contributed by atoms with van der Waals surface area (Å²) in [6.45, 7) is 4.51. The second-order valence-corrected chi connectivity index (χ2v) is 7.87. The smallest absolute Gasteiger partial charge is 0.348 e. The number of hydrogen-bond acceptors (Lipinski definition) is 5. The molecule has 1 N–H and O–H groups in total. The summed E-state index contributed by atoms with van der Waals surface area (Å²) in [5, 5.41) is 2.85. The molecule has 0 aliphatic rings. The number of anilines is 2. The van der Waals surface area contributed by atoms with E-state index in [1.165, 1.54) is 4.67 Å². The van der Waals surface area contributed by atoms with Crippen LogP contribution in [0.2, 0.25) is 5.28 Å². The Morgan fingerprint density at radius 3 is 2.41 bits per heavy atom. The fraction of sp³-hybridized carbons (Fsp3) is 0.571. The topological polar surface area (TPSA) is 71.0 Å². The van der Waals surface area contributed by atoms with Gasteiger partial charge in [-0.05, 0) is 47.9 Å². The van der Waals surface area contributed by atoms with Crippen LogP contribution in [0.4, 0.5) is 11.9 Å². The number of rotatable bonds is 5. The SMILES string of the molecule is CCNc1nc(Cl)nc(N(CC)P(=O)(Cl)Cl)n1. The summed E-state index contributed by atoms with van der Waals surface area (Å²) >= 11 is 16.9. The molecule has 1 heterocycles. The number of nitrogens with zero attached hydrogens (tertiary/aromatic N) is 4. The molecular formula is C7H11Cl3N5OP. The molecule has 1 rings (SSSR count). The van der Waals surface area contributed by atoms with Gasteiger partial charge in [-0.25, -0.2) is 0 Å². The van der Waals surface area contributed by atoms with Crippen molar-refractivity contribution in [3.63, 3.8) is 0 Å². The Labute approximate surface area is 114 Å². The van der Waals surface area contributed by atoms with Crippen molar-refractivity contribution in [2.75, 3.05) is 23.1 Å². The lowest BCUT2D eigenvalue weighted by Crippen LogP contribution is -2.19. The van der Waals surface area contributed by atoms with Gasteiger partial charge in [-0.15, -0.1) is 0 Å². The number of hydrogen-bond donors (Lipinski definition) is 1. The highest BCUT2D eigenvalue weighted by Gasteiger charge is 2.27. The van der Waals surface area contributed by atoms with Gasteiger partial charge in [0.15, 0.2) is 0 Å². The summed E-state index contributed by atoms with van der Waals surface area (Å²) in [5.74, 6) is -3.16. The Balaban J connectivity index is 3.15. The van der Waals surface area contributed by atoms with Gasteiger partial charge in [0.05, 0.1) is 0 Å². The normalized spacial score (nSPS) is 11.4. The van der Waals surface area contributed by atoms with Crippen molar-refractivity contribution in [1.29, 1.82) is 0 Å². The van der Waals surface area contributed by atoms with Crippen LogP contribution in [-0.4, -0.2) is 28.0 Å². The lowest BCUT2D eigenvalue weighted by molar-refractivity contribution is 0.589. The maximum Gasteiger partial charge on any atom is 0.348 e. The molecule has 1 aromatic rings. The summed E-state index contributed by atoms with van der Waals surface area (Å²) < 4.78 is 12.8. The van der Waals surface area contributed by atoms with E-state index in [1.807, 2.05) is 6.92 Å². The molecule has 17 heavy (non-hydrogen) atoms. The third kappa shape index (κ3) is 4.14. The zero-order valence-electron chi connectivity index (χ0n) is 9.19. The Morgan fingerprint density at radius 2 is 1.94 bits per heavy atom. The first-order chi connectivity index (χ1) is 7.88. The van der Waals surface area contributed by atoms with Gasteiger partial charge < -0.3 is 5.32 Å². The molecule has 0 bridgehead atoms. The minimum Gasteiger partial charge on any atom is -0.354 e. The largest absolute Gasteiger partial charge is 0.354 e. The number of halogens is 3. The number of nitrogens with one attached hydrogen (secondary N) is 1. The van der Waals surface area contributed by atoms with Crippen molar-refractivity contribution in [2.45, 2.75) is 13.8 Å². The molecule has 0 aromatic carbocycles. The fourth-order valence-corrected chi connectivity index (χ4v) is 2.93. The molecule has 6 nitrogen and oxygen atoms in total. The van der Waals surface area contributed by atoms with Gasteiger partial charge >= 0.3 is 6.00 Å². The fourth-order valence-electron chi connectivity index (χ4n) is 1.10. The van der Waals surface area contributed by atoms with Gasteiger partial charge in [0.2, 0.25) is 17.2 Å². The average Bonchev–Trinajstić information content (AvgIpc) is 2.15. The summed E-state index contributed by atoms with van der Waals surface area (Å²) in [5.41, 5.74) is 0. The second-order valence-electron chi connectivity index (χ2n) is 2.91. The van der Waals surface area contributed by atoms with E-state index >= 15 is 0 Å². The highest BCUT2D eigenvalue weighted by Crippen LogP contribution is 2.60. The van der Waals surface area contributed by atoms with Crippen LogP contribution in [0.15, 0.2) is 0 Å². The van der Waals surface area contributed by atoms with Crippen molar-refractivity contribution in [3.05, 3.63) is 5.28 Å². The summed E-state index contributed by atoms with van der Waals surface area (Å²) in [6, 6.07) is 0. The minimum absolute atomic E-state index is 0.0221. The minimum atomic E-state index is -3.52. The second kappa shape index (κ2) is 6.05. The quantitative estimate of drug-likeness (QED) is 0.839. The summed E-state index contributed by atoms with van der Waals surface area (Å²) in [6.07, 6.45) is 0. The highest BCUT2D eigenvalue weighted by atomic mass is 35.9. The van der Waals surface area contributed by atoms with E-state index in [0.717, 1.165) is 0 Å². The van der Waals surface area contributed by atoms with Crippen LogP contribution in [0.25, 0.3) is 0 Å². The van der Waals surface area contributed by atoms with Crippen molar-refractivity contribution in [1.82, 2.24) is 15.0 Å². The third-order valence-electron chi connectivity index (χ3n) is 1.74. The summed E-state index contributed by atoms with van der Waals surface area (Å²) in [7, 11) is 0. The van der Waals surface area contributed by atoms with E-state index in [1.54, 1.807) is 6.92 Å². The maximum absolute atomic E-state index is 11.6. The van der Waals surface area contributed by atoms with Gasteiger partial charge in [-0.1, -0.05) is 0 Å². The van der Waals surface area contributed by atoms with Crippen LogP contribution < -0.4 is 9.99 Å². The van der Waals surface area contributed by atoms with Gasteiger partial charge in [0, 0.05) is 13.1 Å². The zero-order chi connectivity index (χ0) is 13.1. The predicted molar refractivity (Wildman–Crippen MR) is 71.3 cm³/mol. The molecule has 0 atom stereocenters. The average molecular weight is 319 g/mol. The van der Waals surface area contributed by atoms with E-state index in [4.69, 9.17) is 34.1 Å². The predicted octanol–water partition coefficient (Wildman–Crippen LogP) is 3.37. The van der Waals surface area contributed by atoms with E-state index in [0.29, 0.717) is 6.54 Å². The van der Waals surface area contributed by atoms with Crippen LogP contribution in [0.3, 0.4) is 0 Å². The molecule has 10 heteroatoms. The first-order valence-electron chi connectivity index (χ1n) is 4.81. The van der Waals surface area contributed by atoms with E-state index < -0.39 is 6.00 Å². The van der Waals surface area contributed by atoms with Crippen molar-refractivity contribution in [2.24, 2.45) is 0 Å². The molecule has 0 saturated carbocycles. The molecule has 0 radical (unpaired) electrons. The third-order valence-corrected chi connectivity index (χ3v) is 4.03. The van der Waals surface area contributed by atoms with Gasteiger partial charge in [0.1, 0.15) is 0 Å². The molecular weight excluding hydrogens is 307 g/mol. The molecule has 0 unspecified atom stereocenters. The molecule has 0 spiro atoms. The van der Waals surface area contributed by atoms with Crippen molar-refractivity contribution in [3.8, 4) is 0 Å². The first kappa shape index (κ1) is 14.8. The van der Waals surface area contributed by atoms with E-state index in [-0.39, 0.29) is 23.7 Å². The Morgan fingerprint density at radius 1 is 1.29 bits per heavy atom. The Hall–Kier alpha value is -0.290. The lowest BCUT2D eigenvalue weighted by Gasteiger charge is -2.21. The van der Waals surface area contributed by atoms with Gasteiger partial charge in [0.25, 0.3) is 0 Å². The van der Waals surface area contributed by atoms with Crippen LogP contribution >= 0.6 is 40.1 Å². The van der Waals surface area contributed by atoms with Crippen LogP contribution in [0.1, 0.15) is 13.8 Å². The Kier molecular flexibility index (Phi) is 5.25. The van der Waals surface area contributed by atoms with Gasteiger partial charge in [-0.3, -0.25) is 9.24 Å². The standard InChI is InChI=1S/C7H11Cl3N5OP/c1-3-11-6-12-5(8)13-7(14-6)15(4-2)17(9,10)16/h3-4H2,1-2H3,(H,11,12,13,14). The first-order valence-corrected chi connectivity index (χ1v) is 8.66. The van der Waals surface area contributed by atoms with Crippen LogP contribution in [0, 0.1) is 0 Å². The van der Waals surface area contributed by atoms with E-state index in [2.05, 4.69) is 20.3 Å². The number of aromatic nitrogens is 3. The monoisotopic (exact) mass is 317 g/mol. The van der Waals surface area contributed by atoms with Crippen LogP contribution in [0.5, 0.6) is 0 Å². The molecule has 0 aliphatic heterocycles. The highest BCUT2D eigenvalue weighted by molar-refractivity contribution is 8.09. The molecule has 0 saturated heterocycles. The van der Waals surface area contributed by atoms with Crippen molar-refractivity contribution < 1.29 is 4.57 Å². The molecule has 0 amide bonds. The lowest BCUT2D eigenvalue weighted by atomic mass is 10.7. The molecule has 0 fully saturated rings.